The summed E-state index contributed by atoms with van der Waals surface area (Å²) in [6.45, 7) is 0.292. The largest absolute Gasteiger partial charge is 0.405 e. The van der Waals surface area contributed by atoms with Crippen molar-refractivity contribution < 1.29 is 13.2 Å². The molecular weight excluding hydrogens is 145 g/mol. The maximum Gasteiger partial charge on any atom is 0.405 e. The molecule has 1 N–H and O–H groups in total. The number of hydrazine groups is 1. The first kappa shape index (κ1) is 7.81. The van der Waals surface area contributed by atoms with E-state index in [0.717, 1.165) is 5.01 Å². The molecule has 1 rings (SSSR count). The molecule has 1 aliphatic heterocycles. The molecule has 59 valence electrons. The third-order valence-corrected chi connectivity index (χ3v) is 1.43. The van der Waals surface area contributed by atoms with Crippen molar-refractivity contribution in [3.8, 4) is 0 Å². The second-order valence-corrected chi connectivity index (χ2v) is 2.20. The fourth-order valence-electron chi connectivity index (χ4n) is 0.918. The normalized spacial score (nSPS) is 29.4. The lowest BCUT2D eigenvalue weighted by atomic mass is 10.2. The van der Waals surface area contributed by atoms with Gasteiger partial charge >= 0.3 is 6.18 Å². The lowest BCUT2D eigenvalue weighted by Crippen LogP contribution is -2.42. The molecule has 0 amide bonds. The molecule has 0 aromatic rings. The summed E-state index contributed by atoms with van der Waals surface area (Å²) in [6.07, 6.45) is -2.95. The van der Waals surface area contributed by atoms with Crippen LogP contribution in [0.15, 0.2) is 0 Å². The topological polar surface area (TPSA) is 15.3 Å². The van der Waals surface area contributed by atoms with Crippen LogP contribution < -0.4 is 5.43 Å². The summed E-state index contributed by atoms with van der Waals surface area (Å²) in [4.78, 5) is 0. The average Bonchev–Trinajstić information content (AvgIpc) is 2.11. The minimum Gasteiger partial charge on any atom is -0.255 e. The van der Waals surface area contributed by atoms with Crippen LogP contribution in [0.1, 0.15) is 0 Å². The first-order chi connectivity index (χ1) is 4.52. The van der Waals surface area contributed by atoms with Crippen molar-refractivity contribution in [3.63, 3.8) is 0 Å². The minimum absolute atomic E-state index is 0.292. The van der Waals surface area contributed by atoms with Crippen molar-refractivity contribution >= 4 is 0 Å². The van der Waals surface area contributed by atoms with Gasteiger partial charge in [0.2, 0.25) is 0 Å². The maximum atomic E-state index is 11.9. The highest BCUT2D eigenvalue weighted by Gasteiger charge is 2.44. The van der Waals surface area contributed by atoms with Crippen molar-refractivity contribution in [2.24, 2.45) is 0 Å². The molecule has 0 bridgehead atoms. The predicted octanol–water partition coefficient (Wildman–Crippen LogP) is 0.572. The number of hydrogen-bond acceptors (Lipinski definition) is 2. The third-order valence-electron chi connectivity index (χ3n) is 1.43. The van der Waals surface area contributed by atoms with Gasteiger partial charge in [-0.2, -0.15) is 13.2 Å². The van der Waals surface area contributed by atoms with Gasteiger partial charge in [-0.3, -0.25) is 5.43 Å². The lowest BCUT2D eigenvalue weighted by molar-refractivity contribution is -0.169. The van der Waals surface area contributed by atoms with Gasteiger partial charge in [-0.15, -0.1) is 0 Å². The fourth-order valence-corrected chi connectivity index (χ4v) is 0.918. The van der Waals surface area contributed by atoms with Gasteiger partial charge in [0.05, 0.1) is 0 Å². The van der Waals surface area contributed by atoms with Crippen LogP contribution in [0.25, 0.3) is 0 Å². The zero-order valence-electron chi connectivity index (χ0n) is 5.44. The number of alkyl halides is 3. The van der Waals surface area contributed by atoms with Gasteiger partial charge in [0.1, 0.15) is 6.04 Å². The highest BCUT2D eigenvalue weighted by atomic mass is 19.4. The van der Waals surface area contributed by atoms with E-state index in [-0.39, 0.29) is 0 Å². The van der Waals surface area contributed by atoms with E-state index < -0.39 is 12.2 Å². The summed E-state index contributed by atoms with van der Waals surface area (Å²) in [6, 6.07) is -1.42. The molecule has 10 heavy (non-hydrogen) atoms. The van der Waals surface area contributed by atoms with Crippen molar-refractivity contribution in [2.45, 2.75) is 12.2 Å². The summed E-state index contributed by atoms with van der Waals surface area (Å²) in [5, 5.41) is 1.06. The number of nitrogens with one attached hydrogen (secondary N) is 1. The molecule has 0 aliphatic carbocycles. The van der Waals surface area contributed by atoms with Gasteiger partial charge in [-0.05, 0) is 0 Å². The van der Waals surface area contributed by atoms with Crippen molar-refractivity contribution in [1.29, 1.82) is 0 Å². The van der Waals surface area contributed by atoms with E-state index >= 15 is 0 Å². The molecule has 0 aromatic carbocycles. The second kappa shape index (κ2) is 2.39. The number of hydrogen-bond donors (Lipinski definition) is 1. The average molecular weight is 153 g/mol. The first-order valence-corrected chi connectivity index (χ1v) is 2.88. The Labute approximate surface area is 57.0 Å². The Morgan fingerprint density at radius 1 is 1.60 bits per heavy atom. The summed E-state index contributed by atoms with van der Waals surface area (Å²) in [5.74, 6) is 0. The van der Waals surface area contributed by atoms with Gasteiger partial charge in [-0.1, -0.05) is 0 Å². The maximum absolute atomic E-state index is 11.9. The van der Waals surface area contributed by atoms with Crippen LogP contribution in [0.2, 0.25) is 0 Å². The van der Waals surface area contributed by atoms with Crippen molar-refractivity contribution in [2.75, 3.05) is 13.6 Å². The van der Waals surface area contributed by atoms with Crippen LogP contribution >= 0.6 is 0 Å². The van der Waals surface area contributed by atoms with Crippen LogP contribution in [-0.4, -0.2) is 30.8 Å². The molecule has 5 heteroatoms. The summed E-state index contributed by atoms with van der Waals surface area (Å²) in [7, 11) is 1.38. The van der Waals surface area contributed by atoms with Crippen molar-refractivity contribution in [1.82, 2.24) is 10.4 Å². The predicted molar refractivity (Wildman–Crippen MR) is 29.9 cm³/mol. The van der Waals surface area contributed by atoms with E-state index in [0.29, 0.717) is 6.54 Å². The smallest absolute Gasteiger partial charge is 0.255 e. The van der Waals surface area contributed by atoms with Gasteiger partial charge in [0, 0.05) is 20.0 Å². The molecule has 1 aliphatic rings. The molecule has 1 radical (unpaired) electrons. The molecular formula is C5H8F3N2. The zero-order chi connectivity index (χ0) is 7.78. The molecule has 1 heterocycles. The Morgan fingerprint density at radius 2 is 2.20 bits per heavy atom. The third kappa shape index (κ3) is 1.41. The fraction of sp³-hybridized carbons (Fsp3) is 0.800. The molecule has 1 fully saturated rings. The molecule has 0 spiro atoms. The molecule has 0 saturated carbocycles. The van der Waals surface area contributed by atoms with Crippen LogP contribution in [0.5, 0.6) is 0 Å². The van der Waals surface area contributed by atoms with Gasteiger partial charge in [0.25, 0.3) is 0 Å². The van der Waals surface area contributed by atoms with Gasteiger partial charge < -0.3 is 0 Å². The highest BCUT2D eigenvalue weighted by Crippen LogP contribution is 2.26. The summed E-state index contributed by atoms with van der Waals surface area (Å²) >= 11 is 0. The van der Waals surface area contributed by atoms with E-state index in [9.17, 15) is 13.2 Å². The number of nitrogens with zero attached hydrogens (tertiary/aromatic N) is 1. The quantitative estimate of drug-likeness (QED) is 0.547. The van der Waals surface area contributed by atoms with Crippen LogP contribution in [0, 0.1) is 6.42 Å². The van der Waals surface area contributed by atoms with E-state index in [1.54, 1.807) is 0 Å². The highest BCUT2D eigenvalue weighted by molar-refractivity contribution is 4.94. The molecule has 0 aromatic heterocycles. The Bertz CT molecular complexity index is 123. The number of halogens is 3. The Kier molecular flexibility index (Phi) is 1.87. The van der Waals surface area contributed by atoms with Gasteiger partial charge in [-0.25, -0.2) is 5.01 Å². The van der Waals surface area contributed by atoms with Crippen LogP contribution in [-0.2, 0) is 0 Å². The SMILES string of the molecule is CN1NC[CH]C1C(F)(F)F. The van der Waals surface area contributed by atoms with E-state index in [2.05, 4.69) is 5.43 Å². The van der Waals surface area contributed by atoms with E-state index in [1.807, 2.05) is 0 Å². The van der Waals surface area contributed by atoms with E-state index in [1.165, 1.54) is 13.5 Å². The van der Waals surface area contributed by atoms with Crippen LogP contribution in [0.4, 0.5) is 13.2 Å². The zero-order valence-corrected chi connectivity index (χ0v) is 5.44. The van der Waals surface area contributed by atoms with E-state index in [4.69, 9.17) is 0 Å². The van der Waals surface area contributed by atoms with Gasteiger partial charge in [0.15, 0.2) is 0 Å². The standard InChI is InChI=1S/C5H8F3N2/c1-10-4(2-3-9-10)5(6,7)8/h2,4,9H,3H2,1H3. The first-order valence-electron chi connectivity index (χ1n) is 2.88. The monoisotopic (exact) mass is 153 g/mol. The Morgan fingerprint density at radius 3 is 2.40 bits per heavy atom. The Hall–Kier alpha value is -0.290. The minimum atomic E-state index is -4.14. The van der Waals surface area contributed by atoms with Crippen LogP contribution in [0.3, 0.4) is 0 Å². The lowest BCUT2D eigenvalue weighted by Gasteiger charge is -2.20. The molecule has 2 nitrogen and oxygen atoms in total. The molecule has 1 saturated heterocycles. The van der Waals surface area contributed by atoms with Crippen molar-refractivity contribution in [3.05, 3.63) is 6.42 Å². The number of rotatable bonds is 0. The summed E-state index contributed by atoms with van der Waals surface area (Å²) < 4.78 is 35.7. The molecule has 1 unspecified atom stereocenters. The second-order valence-electron chi connectivity index (χ2n) is 2.20. The summed E-state index contributed by atoms with van der Waals surface area (Å²) in [5.41, 5.74) is 2.53. The molecule has 1 atom stereocenters. The Balaban J connectivity index is 2.55.